The lowest BCUT2D eigenvalue weighted by molar-refractivity contribution is -0.120. The molecule has 0 aromatic rings. The van der Waals surface area contributed by atoms with E-state index >= 15 is 0 Å². The number of nitrogens with zero attached hydrogens (tertiary/aromatic N) is 1. The van der Waals surface area contributed by atoms with Gasteiger partial charge in [-0.1, -0.05) is 6.92 Å². The van der Waals surface area contributed by atoms with Crippen LogP contribution in [-0.4, -0.2) is 18.6 Å². The Morgan fingerprint density at radius 1 is 1.92 bits per heavy atom. The van der Waals surface area contributed by atoms with Crippen molar-refractivity contribution in [3.63, 3.8) is 0 Å². The van der Waals surface area contributed by atoms with Gasteiger partial charge in [-0.05, 0) is 12.5 Å². The van der Waals surface area contributed by atoms with E-state index in [0.717, 1.165) is 6.42 Å². The maximum absolute atomic E-state index is 11.3. The van der Waals surface area contributed by atoms with Crippen molar-refractivity contribution in [3.8, 4) is 6.07 Å². The molecule has 0 fully saturated rings. The summed E-state index contributed by atoms with van der Waals surface area (Å²) < 4.78 is 5.04. The first kappa shape index (κ1) is 9.59. The van der Waals surface area contributed by atoms with Gasteiger partial charge in [-0.3, -0.25) is 4.79 Å². The molecule has 1 atom stereocenters. The van der Waals surface area contributed by atoms with E-state index in [1.807, 2.05) is 13.0 Å². The van der Waals surface area contributed by atoms with Crippen molar-refractivity contribution in [3.05, 3.63) is 11.8 Å². The number of rotatable bonds is 3. The molecule has 0 aliphatic carbocycles. The second kappa shape index (κ2) is 4.51. The third-order valence-corrected chi connectivity index (χ3v) is 1.80. The molecule has 0 saturated heterocycles. The molecular formula is C9H12N2O2. The standard InChI is InChI=1S/C9H12N2O2/c1-2-7(6-10)11-9(12)8-4-3-5-13-8/h4,7H,2-3,5H2,1H3,(H,11,12). The van der Waals surface area contributed by atoms with E-state index in [2.05, 4.69) is 5.32 Å². The van der Waals surface area contributed by atoms with Crippen molar-refractivity contribution >= 4 is 5.91 Å². The normalized spacial score (nSPS) is 16.8. The SMILES string of the molecule is CCC(C#N)NC(=O)C1=CCCO1. The van der Waals surface area contributed by atoms with Crippen LogP contribution < -0.4 is 5.32 Å². The first-order valence-electron chi connectivity index (χ1n) is 4.31. The van der Waals surface area contributed by atoms with Gasteiger partial charge >= 0.3 is 0 Å². The molecule has 1 rings (SSSR count). The van der Waals surface area contributed by atoms with Gasteiger partial charge in [-0.15, -0.1) is 0 Å². The van der Waals surface area contributed by atoms with Crippen molar-refractivity contribution in [2.45, 2.75) is 25.8 Å². The van der Waals surface area contributed by atoms with Crippen LogP contribution in [0.5, 0.6) is 0 Å². The predicted molar refractivity (Wildman–Crippen MR) is 46.5 cm³/mol. The molecular weight excluding hydrogens is 168 g/mol. The molecule has 1 unspecified atom stereocenters. The van der Waals surface area contributed by atoms with Crippen LogP contribution in [0.1, 0.15) is 19.8 Å². The lowest BCUT2D eigenvalue weighted by Crippen LogP contribution is -2.34. The second-order valence-corrected chi connectivity index (χ2v) is 2.77. The van der Waals surface area contributed by atoms with E-state index in [4.69, 9.17) is 10.00 Å². The summed E-state index contributed by atoms with van der Waals surface area (Å²) in [6, 6.07) is 1.57. The molecule has 4 heteroatoms. The van der Waals surface area contributed by atoms with E-state index < -0.39 is 6.04 Å². The summed E-state index contributed by atoms with van der Waals surface area (Å²) in [6.07, 6.45) is 3.11. The van der Waals surface area contributed by atoms with Gasteiger partial charge in [0, 0.05) is 6.42 Å². The number of hydrogen-bond donors (Lipinski definition) is 1. The molecule has 0 aromatic carbocycles. The molecule has 70 valence electrons. The zero-order valence-electron chi connectivity index (χ0n) is 7.54. The maximum atomic E-state index is 11.3. The summed E-state index contributed by atoms with van der Waals surface area (Å²) >= 11 is 0. The lowest BCUT2D eigenvalue weighted by atomic mass is 10.2. The van der Waals surface area contributed by atoms with Gasteiger partial charge < -0.3 is 10.1 Å². The Hall–Kier alpha value is -1.50. The number of carbonyl (C=O) groups excluding carboxylic acids is 1. The van der Waals surface area contributed by atoms with Crippen LogP contribution >= 0.6 is 0 Å². The van der Waals surface area contributed by atoms with Gasteiger partial charge in [-0.2, -0.15) is 5.26 Å². The van der Waals surface area contributed by atoms with Crippen LogP contribution in [0.15, 0.2) is 11.8 Å². The topological polar surface area (TPSA) is 62.1 Å². The number of ether oxygens (including phenoxy) is 1. The van der Waals surface area contributed by atoms with Gasteiger partial charge in [-0.25, -0.2) is 0 Å². The van der Waals surface area contributed by atoms with Crippen molar-refractivity contribution in [1.29, 1.82) is 5.26 Å². The summed E-state index contributed by atoms with van der Waals surface area (Å²) in [6.45, 7) is 2.41. The molecule has 1 amide bonds. The van der Waals surface area contributed by atoms with Crippen molar-refractivity contribution in [2.75, 3.05) is 6.61 Å². The number of hydrogen-bond acceptors (Lipinski definition) is 3. The Morgan fingerprint density at radius 2 is 2.69 bits per heavy atom. The minimum absolute atomic E-state index is 0.286. The molecule has 0 spiro atoms. The third kappa shape index (κ3) is 2.48. The number of amides is 1. The first-order chi connectivity index (χ1) is 6.27. The van der Waals surface area contributed by atoms with Gasteiger partial charge in [0.25, 0.3) is 5.91 Å². The molecule has 0 bridgehead atoms. The summed E-state index contributed by atoms with van der Waals surface area (Å²) in [4.78, 5) is 11.3. The lowest BCUT2D eigenvalue weighted by Gasteiger charge is -2.09. The molecule has 0 radical (unpaired) electrons. The monoisotopic (exact) mass is 180 g/mol. The number of carbonyl (C=O) groups is 1. The Morgan fingerprint density at radius 3 is 3.15 bits per heavy atom. The minimum Gasteiger partial charge on any atom is -0.488 e. The third-order valence-electron chi connectivity index (χ3n) is 1.80. The summed E-state index contributed by atoms with van der Waals surface area (Å²) in [5.41, 5.74) is 0. The zero-order valence-corrected chi connectivity index (χ0v) is 7.54. The quantitative estimate of drug-likeness (QED) is 0.695. The van der Waals surface area contributed by atoms with Crippen molar-refractivity contribution < 1.29 is 9.53 Å². The van der Waals surface area contributed by atoms with Crippen LogP contribution in [0.25, 0.3) is 0 Å². The van der Waals surface area contributed by atoms with Gasteiger partial charge in [0.05, 0.1) is 12.7 Å². The van der Waals surface area contributed by atoms with Crippen LogP contribution in [0, 0.1) is 11.3 Å². The maximum Gasteiger partial charge on any atom is 0.287 e. The van der Waals surface area contributed by atoms with E-state index in [-0.39, 0.29) is 5.91 Å². The van der Waals surface area contributed by atoms with Crippen LogP contribution in [0.2, 0.25) is 0 Å². The van der Waals surface area contributed by atoms with Gasteiger partial charge in [0.2, 0.25) is 0 Å². The van der Waals surface area contributed by atoms with E-state index in [9.17, 15) is 4.79 Å². The molecule has 1 aliphatic rings. The number of nitriles is 1. The van der Waals surface area contributed by atoms with Crippen LogP contribution in [0.3, 0.4) is 0 Å². The minimum atomic E-state index is -0.419. The average molecular weight is 180 g/mol. The van der Waals surface area contributed by atoms with Crippen LogP contribution in [0.4, 0.5) is 0 Å². The van der Waals surface area contributed by atoms with Crippen molar-refractivity contribution in [2.24, 2.45) is 0 Å². The fraction of sp³-hybridized carbons (Fsp3) is 0.556. The molecule has 0 saturated carbocycles. The number of nitrogens with one attached hydrogen (secondary N) is 1. The first-order valence-corrected chi connectivity index (χ1v) is 4.31. The fourth-order valence-electron chi connectivity index (χ4n) is 1.03. The zero-order chi connectivity index (χ0) is 9.68. The fourth-order valence-corrected chi connectivity index (χ4v) is 1.03. The van der Waals surface area contributed by atoms with Gasteiger partial charge in [0.15, 0.2) is 5.76 Å². The Balaban J connectivity index is 2.45. The Labute approximate surface area is 77.2 Å². The highest BCUT2D eigenvalue weighted by Crippen LogP contribution is 2.09. The highest BCUT2D eigenvalue weighted by Gasteiger charge is 2.17. The molecule has 1 N–H and O–H groups in total. The summed E-state index contributed by atoms with van der Waals surface area (Å²) in [5.74, 6) is 0.0552. The highest BCUT2D eigenvalue weighted by atomic mass is 16.5. The Bertz CT molecular complexity index is 265. The molecule has 0 aromatic heterocycles. The van der Waals surface area contributed by atoms with E-state index in [1.165, 1.54) is 0 Å². The summed E-state index contributed by atoms with van der Waals surface area (Å²) in [7, 11) is 0. The summed E-state index contributed by atoms with van der Waals surface area (Å²) in [5, 5.41) is 11.2. The Kier molecular flexibility index (Phi) is 3.32. The van der Waals surface area contributed by atoms with Crippen LogP contribution in [-0.2, 0) is 9.53 Å². The molecule has 13 heavy (non-hydrogen) atoms. The molecule has 1 heterocycles. The van der Waals surface area contributed by atoms with E-state index in [1.54, 1.807) is 6.08 Å². The molecule has 4 nitrogen and oxygen atoms in total. The second-order valence-electron chi connectivity index (χ2n) is 2.77. The highest BCUT2D eigenvalue weighted by molar-refractivity contribution is 5.92. The smallest absolute Gasteiger partial charge is 0.287 e. The molecule has 1 aliphatic heterocycles. The van der Waals surface area contributed by atoms with Gasteiger partial charge in [0.1, 0.15) is 6.04 Å². The van der Waals surface area contributed by atoms with E-state index in [0.29, 0.717) is 18.8 Å². The van der Waals surface area contributed by atoms with Crippen molar-refractivity contribution in [1.82, 2.24) is 5.32 Å². The predicted octanol–water partition coefficient (Wildman–Crippen LogP) is 0.709. The largest absolute Gasteiger partial charge is 0.488 e. The average Bonchev–Trinajstić information content (AvgIpc) is 2.66.